The molecule has 1 heterocycles. The maximum atomic E-state index is 3.61. The number of nitrogens with one attached hydrogen (secondary N) is 1. The van der Waals surface area contributed by atoms with Crippen molar-refractivity contribution in [1.29, 1.82) is 0 Å². The fourth-order valence-corrected chi connectivity index (χ4v) is 2.94. The SMILES string of the molecule is CC(CC1CC1)Nc1ccc(N2CCCC2)cc1. The molecule has 2 heteroatoms. The van der Waals surface area contributed by atoms with Gasteiger partial charge in [-0.2, -0.15) is 0 Å². The highest BCUT2D eigenvalue weighted by atomic mass is 15.1. The molecule has 2 fully saturated rings. The van der Waals surface area contributed by atoms with Crippen LogP contribution in [0.5, 0.6) is 0 Å². The minimum atomic E-state index is 0.607. The van der Waals surface area contributed by atoms with E-state index in [4.69, 9.17) is 0 Å². The van der Waals surface area contributed by atoms with Gasteiger partial charge in [0.1, 0.15) is 0 Å². The summed E-state index contributed by atoms with van der Waals surface area (Å²) < 4.78 is 0. The number of anilines is 2. The summed E-state index contributed by atoms with van der Waals surface area (Å²) in [5.41, 5.74) is 2.65. The average Bonchev–Trinajstić information content (AvgIpc) is 3.01. The Kier molecular flexibility index (Phi) is 3.44. The van der Waals surface area contributed by atoms with Gasteiger partial charge in [-0.3, -0.25) is 0 Å². The Labute approximate surface area is 110 Å². The molecule has 0 bridgehead atoms. The van der Waals surface area contributed by atoms with E-state index in [2.05, 4.69) is 41.4 Å². The maximum absolute atomic E-state index is 3.61. The van der Waals surface area contributed by atoms with Crippen molar-refractivity contribution in [3.63, 3.8) is 0 Å². The lowest BCUT2D eigenvalue weighted by atomic mass is 10.1. The van der Waals surface area contributed by atoms with E-state index in [1.165, 1.54) is 56.6 Å². The van der Waals surface area contributed by atoms with Crippen LogP contribution in [0.2, 0.25) is 0 Å². The van der Waals surface area contributed by atoms with Crippen molar-refractivity contribution in [2.75, 3.05) is 23.3 Å². The molecule has 1 aromatic carbocycles. The molecule has 1 aromatic rings. The molecule has 1 atom stereocenters. The molecular formula is C16H24N2. The number of hydrogen-bond acceptors (Lipinski definition) is 2. The minimum absolute atomic E-state index is 0.607. The van der Waals surface area contributed by atoms with Gasteiger partial charge in [-0.1, -0.05) is 12.8 Å². The highest BCUT2D eigenvalue weighted by Crippen LogP contribution is 2.34. The minimum Gasteiger partial charge on any atom is -0.383 e. The first-order valence-electron chi connectivity index (χ1n) is 7.43. The molecule has 18 heavy (non-hydrogen) atoms. The summed E-state index contributed by atoms with van der Waals surface area (Å²) in [7, 11) is 0. The highest BCUT2D eigenvalue weighted by Gasteiger charge is 2.23. The van der Waals surface area contributed by atoms with Gasteiger partial charge in [0.05, 0.1) is 0 Å². The molecule has 3 rings (SSSR count). The van der Waals surface area contributed by atoms with E-state index in [0.29, 0.717) is 6.04 Å². The zero-order chi connectivity index (χ0) is 12.4. The molecule has 2 aliphatic rings. The second-order valence-electron chi connectivity index (χ2n) is 5.97. The van der Waals surface area contributed by atoms with Crippen molar-refractivity contribution < 1.29 is 0 Å². The Balaban J connectivity index is 1.56. The van der Waals surface area contributed by atoms with Crippen molar-refractivity contribution in [2.45, 2.75) is 45.1 Å². The molecular weight excluding hydrogens is 220 g/mol. The maximum Gasteiger partial charge on any atom is 0.0367 e. The van der Waals surface area contributed by atoms with Crippen molar-refractivity contribution in [2.24, 2.45) is 5.92 Å². The summed E-state index contributed by atoms with van der Waals surface area (Å²) in [5.74, 6) is 0.997. The van der Waals surface area contributed by atoms with Crippen LogP contribution in [0.15, 0.2) is 24.3 Å². The first-order valence-corrected chi connectivity index (χ1v) is 7.43. The van der Waals surface area contributed by atoms with E-state index in [1.807, 2.05) is 0 Å². The van der Waals surface area contributed by atoms with E-state index in [-0.39, 0.29) is 0 Å². The van der Waals surface area contributed by atoms with Crippen molar-refractivity contribution in [3.8, 4) is 0 Å². The van der Waals surface area contributed by atoms with Crippen LogP contribution in [0, 0.1) is 5.92 Å². The van der Waals surface area contributed by atoms with Gasteiger partial charge < -0.3 is 10.2 Å². The summed E-state index contributed by atoms with van der Waals surface area (Å²) in [6.07, 6.45) is 6.91. The Morgan fingerprint density at radius 2 is 1.83 bits per heavy atom. The molecule has 1 unspecified atom stereocenters. The Morgan fingerprint density at radius 1 is 1.17 bits per heavy atom. The van der Waals surface area contributed by atoms with Gasteiger partial charge in [-0.25, -0.2) is 0 Å². The molecule has 0 aromatic heterocycles. The topological polar surface area (TPSA) is 15.3 Å². The Hall–Kier alpha value is -1.18. The van der Waals surface area contributed by atoms with E-state index in [0.717, 1.165) is 5.92 Å². The molecule has 1 saturated carbocycles. The molecule has 1 aliphatic carbocycles. The first kappa shape index (κ1) is 11.9. The van der Waals surface area contributed by atoms with Crippen LogP contribution < -0.4 is 10.2 Å². The van der Waals surface area contributed by atoms with E-state index in [9.17, 15) is 0 Å². The van der Waals surface area contributed by atoms with Crippen LogP contribution in [-0.2, 0) is 0 Å². The van der Waals surface area contributed by atoms with E-state index < -0.39 is 0 Å². The number of benzene rings is 1. The number of rotatable bonds is 5. The Morgan fingerprint density at radius 3 is 2.44 bits per heavy atom. The van der Waals surface area contributed by atoms with Crippen molar-refractivity contribution >= 4 is 11.4 Å². The summed E-state index contributed by atoms with van der Waals surface area (Å²) in [5, 5.41) is 3.61. The normalized spacial score (nSPS) is 21.1. The predicted octanol–water partition coefficient (Wildman–Crippen LogP) is 3.89. The number of hydrogen-bond donors (Lipinski definition) is 1. The van der Waals surface area contributed by atoms with Crippen LogP contribution in [-0.4, -0.2) is 19.1 Å². The van der Waals surface area contributed by atoms with E-state index >= 15 is 0 Å². The Bertz CT molecular complexity index is 375. The van der Waals surface area contributed by atoms with Crippen LogP contribution in [0.25, 0.3) is 0 Å². The van der Waals surface area contributed by atoms with Gasteiger partial charge >= 0.3 is 0 Å². The third kappa shape index (κ3) is 2.98. The average molecular weight is 244 g/mol. The van der Waals surface area contributed by atoms with E-state index in [1.54, 1.807) is 0 Å². The lowest BCUT2D eigenvalue weighted by molar-refractivity contribution is 0.642. The summed E-state index contributed by atoms with van der Waals surface area (Å²) in [4.78, 5) is 2.48. The quantitative estimate of drug-likeness (QED) is 0.845. The van der Waals surface area contributed by atoms with Gasteiger partial charge in [0, 0.05) is 30.5 Å². The summed E-state index contributed by atoms with van der Waals surface area (Å²) >= 11 is 0. The molecule has 98 valence electrons. The van der Waals surface area contributed by atoms with Gasteiger partial charge in [-0.15, -0.1) is 0 Å². The number of nitrogens with zero attached hydrogens (tertiary/aromatic N) is 1. The van der Waals surface area contributed by atoms with Crippen LogP contribution >= 0.6 is 0 Å². The zero-order valence-electron chi connectivity index (χ0n) is 11.4. The monoisotopic (exact) mass is 244 g/mol. The third-order valence-corrected chi connectivity index (χ3v) is 4.14. The third-order valence-electron chi connectivity index (χ3n) is 4.14. The second kappa shape index (κ2) is 5.21. The van der Waals surface area contributed by atoms with Gasteiger partial charge in [0.15, 0.2) is 0 Å². The molecule has 0 spiro atoms. The zero-order valence-corrected chi connectivity index (χ0v) is 11.4. The molecule has 0 radical (unpaired) electrons. The molecule has 1 saturated heterocycles. The highest BCUT2D eigenvalue weighted by molar-refractivity contribution is 5.55. The molecule has 0 amide bonds. The summed E-state index contributed by atoms with van der Waals surface area (Å²) in [6.45, 7) is 4.75. The van der Waals surface area contributed by atoms with Crippen molar-refractivity contribution in [1.82, 2.24) is 0 Å². The first-order chi connectivity index (χ1) is 8.81. The van der Waals surface area contributed by atoms with Gasteiger partial charge in [0.2, 0.25) is 0 Å². The summed E-state index contributed by atoms with van der Waals surface area (Å²) in [6, 6.07) is 9.60. The van der Waals surface area contributed by atoms with Crippen LogP contribution in [0.4, 0.5) is 11.4 Å². The van der Waals surface area contributed by atoms with Gasteiger partial charge in [0.25, 0.3) is 0 Å². The largest absolute Gasteiger partial charge is 0.383 e. The molecule has 2 nitrogen and oxygen atoms in total. The van der Waals surface area contributed by atoms with Crippen LogP contribution in [0.3, 0.4) is 0 Å². The smallest absolute Gasteiger partial charge is 0.0367 e. The lowest BCUT2D eigenvalue weighted by Gasteiger charge is -2.19. The second-order valence-corrected chi connectivity index (χ2v) is 5.97. The van der Waals surface area contributed by atoms with Crippen molar-refractivity contribution in [3.05, 3.63) is 24.3 Å². The fraction of sp³-hybridized carbons (Fsp3) is 0.625. The lowest BCUT2D eigenvalue weighted by Crippen LogP contribution is -2.18. The van der Waals surface area contributed by atoms with Gasteiger partial charge in [-0.05, 0) is 56.4 Å². The standard InChI is InChI=1S/C16H24N2/c1-13(12-14-4-5-14)17-15-6-8-16(9-7-15)18-10-2-3-11-18/h6-9,13-14,17H,2-5,10-12H2,1H3. The van der Waals surface area contributed by atoms with Crippen LogP contribution in [0.1, 0.15) is 39.0 Å². The predicted molar refractivity (Wildman–Crippen MR) is 78.3 cm³/mol. The fourth-order valence-electron chi connectivity index (χ4n) is 2.94. The molecule has 1 N–H and O–H groups in total. The molecule has 1 aliphatic heterocycles.